The zero-order valence-corrected chi connectivity index (χ0v) is 30.0. The summed E-state index contributed by atoms with van der Waals surface area (Å²) in [6.45, 7) is 3.72. The Bertz CT molecular complexity index is 2260. The van der Waals surface area contributed by atoms with Crippen LogP contribution in [0.15, 0.2) is 42.7 Å². The van der Waals surface area contributed by atoms with Crippen LogP contribution >= 0.6 is 23.2 Å². The van der Waals surface area contributed by atoms with Gasteiger partial charge in [0.25, 0.3) is 0 Å². The van der Waals surface area contributed by atoms with Crippen molar-refractivity contribution in [2.45, 2.75) is 76.3 Å². The van der Waals surface area contributed by atoms with Crippen molar-refractivity contribution < 1.29 is 13.9 Å². The number of hydrogen-bond donors (Lipinski definition) is 1. The molecule has 1 amide bonds. The number of hydrogen-bond acceptors (Lipinski definition) is 6. The first-order valence-corrected chi connectivity index (χ1v) is 18.6. The number of halogens is 3. The van der Waals surface area contributed by atoms with Gasteiger partial charge in [0.15, 0.2) is 5.82 Å². The summed E-state index contributed by atoms with van der Waals surface area (Å²) >= 11 is 13.1. The molecule has 3 aliphatic heterocycles. The lowest BCUT2D eigenvalue weighted by molar-refractivity contribution is -0.134. The standard InChI is InChI=1S/C39H38Cl2FN7O2/c1-20-26-16-31(30-15-24(18-48(30)39(50)21-8-9-21)51-19-32-44-11-12-47(32)2)49(37-23-14-29(37)45-17-23)38(26)27-13-22(5-4-10-43)33(35(42)36(27)46-20)25-6-3-7-28(40)34(25)41/h3,6-7,11-13,16,21,23-24,29-30,37,45H,4-5,8-9,14-15,17-19H2,1-2H3/t23-,24+,29-,30-,37+/m1/s1. The second-order valence-corrected chi connectivity index (χ2v) is 15.5. The number of pyridine rings is 1. The molecule has 2 bridgehead atoms. The van der Waals surface area contributed by atoms with Gasteiger partial charge in [-0.15, -0.1) is 0 Å². The van der Waals surface area contributed by atoms with Crippen LogP contribution in [0.5, 0.6) is 0 Å². The van der Waals surface area contributed by atoms with Gasteiger partial charge in [-0.25, -0.2) is 14.4 Å². The molecule has 0 radical (unpaired) electrons. The largest absolute Gasteiger partial charge is 0.368 e. The second kappa shape index (κ2) is 12.6. The van der Waals surface area contributed by atoms with Gasteiger partial charge in [-0.3, -0.25) is 4.79 Å². The maximum Gasteiger partial charge on any atom is 0.226 e. The van der Waals surface area contributed by atoms with Crippen molar-refractivity contribution in [1.29, 1.82) is 5.26 Å². The Hall–Kier alpha value is -4.01. The van der Waals surface area contributed by atoms with Crippen molar-refractivity contribution >= 4 is 50.9 Å². The molecule has 10 rings (SSSR count). The van der Waals surface area contributed by atoms with Crippen LogP contribution in [-0.4, -0.2) is 55.1 Å². The summed E-state index contributed by atoms with van der Waals surface area (Å²) < 4.78 is 28.0. The summed E-state index contributed by atoms with van der Waals surface area (Å²) in [5, 5.41) is 15.5. The van der Waals surface area contributed by atoms with Crippen LogP contribution < -0.4 is 5.32 Å². The van der Waals surface area contributed by atoms with Crippen LogP contribution in [0.3, 0.4) is 0 Å². The number of carbonyl (C=O) groups excluding carboxylic acids is 1. The highest BCUT2D eigenvalue weighted by molar-refractivity contribution is 6.43. The number of imidazole rings is 1. The molecule has 262 valence electrons. The van der Waals surface area contributed by atoms with Crippen LogP contribution in [0.25, 0.3) is 32.9 Å². The van der Waals surface area contributed by atoms with Crippen LogP contribution in [0, 0.1) is 35.9 Å². The first-order valence-electron chi connectivity index (χ1n) is 17.8. The molecule has 5 atom stereocenters. The molecule has 6 heterocycles. The third kappa shape index (κ3) is 5.35. The molecule has 5 aliphatic rings. The molecule has 51 heavy (non-hydrogen) atoms. The fraction of sp³-hybridized carbons (Fsp3) is 0.436. The fourth-order valence-corrected chi connectivity index (χ4v) is 9.23. The van der Waals surface area contributed by atoms with Crippen LogP contribution in [-0.2, 0) is 29.6 Å². The average Bonchev–Trinajstić information content (AvgIpc) is 3.55. The van der Waals surface area contributed by atoms with E-state index in [4.69, 9.17) is 32.9 Å². The van der Waals surface area contributed by atoms with E-state index >= 15 is 4.39 Å². The number of likely N-dealkylation sites (tertiary alicyclic amines) is 1. The Morgan fingerprint density at radius 1 is 1.20 bits per heavy atom. The molecule has 0 spiro atoms. The van der Waals surface area contributed by atoms with Crippen molar-refractivity contribution in [3.8, 4) is 17.2 Å². The first-order chi connectivity index (χ1) is 24.7. The summed E-state index contributed by atoms with van der Waals surface area (Å²) in [5.41, 5.74) is 4.41. The first kappa shape index (κ1) is 32.9. The van der Waals surface area contributed by atoms with Crippen LogP contribution in [0.4, 0.5) is 4.39 Å². The monoisotopic (exact) mass is 725 g/mol. The SMILES string of the molecule is Cc1nc2c(F)c(-c3cccc(Cl)c3Cl)c(CCC#N)cc2c2c1cc([C@H]1C[C@H](OCc3nccn3C)CN1C(=O)C1CC1)n2[C@H]1[C@H]2CN[C@@H]1C2. The minimum absolute atomic E-state index is 0.0536. The van der Waals surface area contributed by atoms with Crippen molar-refractivity contribution in [2.24, 2.45) is 18.9 Å². The summed E-state index contributed by atoms with van der Waals surface area (Å²) in [7, 11) is 1.95. The topological polar surface area (TPSA) is 101 Å². The molecule has 0 unspecified atom stereocenters. The molecule has 12 heteroatoms. The summed E-state index contributed by atoms with van der Waals surface area (Å²) in [4.78, 5) is 25.4. The molecule has 9 nitrogen and oxygen atoms in total. The molecule has 1 N–H and O–H groups in total. The molecule has 3 saturated heterocycles. The number of amides is 1. The van der Waals surface area contributed by atoms with E-state index in [0.717, 1.165) is 48.2 Å². The fourth-order valence-electron chi connectivity index (χ4n) is 8.83. The van der Waals surface area contributed by atoms with E-state index in [9.17, 15) is 10.1 Å². The lowest BCUT2D eigenvalue weighted by Gasteiger charge is -2.39. The number of ether oxygens (including phenoxy) is 1. The van der Waals surface area contributed by atoms with Crippen molar-refractivity contribution in [2.75, 3.05) is 13.1 Å². The lowest BCUT2D eigenvalue weighted by atomic mass is 9.79. The minimum atomic E-state index is -0.479. The molecule has 2 aliphatic carbocycles. The number of aromatic nitrogens is 4. The Labute approximate surface area is 305 Å². The van der Waals surface area contributed by atoms with Gasteiger partial charge < -0.3 is 24.1 Å². The zero-order valence-electron chi connectivity index (χ0n) is 28.5. The Kier molecular flexibility index (Phi) is 8.11. The summed E-state index contributed by atoms with van der Waals surface area (Å²) in [5.74, 6) is 1.02. The molecular weight excluding hydrogens is 688 g/mol. The summed E-state index contributed by atoms with van der Waals surface area (Å²) in [6, 6.07) is 11.9. The van der Waals surface area contributed by atoms with E-state index in [-0.39, 0.29) is 53.0 Å². The van der Waals surface area contributed by atoms with Gasteiger partial charge >= 0.3 is 0 Å². The Balaban J connectivity index is 1.24. The van der Waals surface area contributed by atoms with Crippen LogP contribution in [0.2, 0.25) is 10.0 Å². The number of nitriles is 1. The van der Waals surface area contributed by atoms with E-state index in [2.05, 4.69) is 27.0 Å². The quantitative estimate of drug-likeness (QED) is 0.168. The average molecular weight is 727 g/mol. The third-order valence-corrected chi connectivity index (χ3v) is 12.4. The molecule has 5 fully saturated rings. The van der Waals surface area contributed by atoms with E-state index < -0.39 is 5.82 Å². The van der Waals surface area contributed by atoms with Gasteiger partial charge in [0, 0.05) is 90.6 Å². The highest BCUT2D eigenvalue weighted by atomic mass is 35.5. The van der Waals surface area contributed by atoms with Gasteiger partial charge in [0.2, 0.25) is 5.91 Å². The Morgan fingerprint density at radius 3 is 2.75 bits per heavy atom. The smallest absolute Gasteiger partial charge is 0.226 e. The molecule has 2 aromatic carbocycles. The van der Waals surface area contributed by atoms with Gasteiger partial charge in [0.05, 0.1) is 39.8 Å². The van der Waals surface area contributed by atoms with Gasteiger partial charge in [-0.05, 0) is 62.3 Å². The van der Waals surface area contributed by atoms with Gasteiger partial charge in [-0.1, -0.05) is 35.3 Å². The maximum atomic E-state index is 17.2. The number of fused-ring (bicyclic) bond motifs is 4. The molecule has 5 aromatic rings. The number of benzene rings is 2. The second-order valence-electron chi connectivity index (χ2n) is 14.7. The highest BCUT2D eigenvalue weighted by Gasteiger charge is 2.51. The van der Waals surface area contributed by atoms with Crippen molar-refractivity contribution in [1.82, 2.24) is 29.3 Å². The van der Waals surface area contributed by atoms with Gasteiger partial charge in [-0.2, -0.15) is 5.26 Å². The van der Waals surface area contributed by atoms with Crippen molar-refractivity contribution in [3.63, 3.8) is 0 Å². The number of nitrogens with one attached hydrogen (secondary N) is 1. The predicted molar refractivity (Wildman–Crippen MR) is 194 cm³/mol. The van der Waals surface area contributed by atoms with E-state index in [1.165, 1.54) is 0 Å². The summed E-state index contributed by atoms with van der Waals surface area (Å²) in [6.07, 6.45) is 7.61. The van der Waals surface area contributed by atoms with Crippen LogP contribution in [0.1, 0.15) is 67.0 Å². The minimum Gasteiger partial charge on any atom is -0.368 e. The Morgan fingerprint density at radius 2 is 2.04 bits per heavy atom. The number of carbonyl (C=O) groups is 1. The molecular formula is C39H38Cl2FN7O2. The lowest BCUT2D eigenvalue weighted by Crippen LogP contribution is -2.41. The number of nitrogens with zero attached hydrogens (tertiary/aromatic N) is 6. The molecule has 2 saturated carbocycles. The van der Waals surface area contributed by atoms with E-state index in [0.29, 0.717) is 64.7 Å². The highest BCUT2D eigenvalue weighted by Crippen LogP contribution is 2.51. The predicted octanol–water partition coefficient (Wildman–Crippen LogP) is 7.60. The molecule has 3 aromatic heterocycles. The number of rotatable bonds is 9. The van der Waals surface area contributed by atoms with E-state index in [1.807, 2.05) is 35.7 Å². The number of aryl methyl sites for hydroxylation is 3. The van der Waals surface area contributed by atoms with Gasteiger partial charge in [0.1, 0.15) is 17.9 Å². The van der Waals surface area contributed by atoms with Crippen molar-refractivity contribution in [3.05, 3.63) is 81.4 Å². The zero-order chi connectivity index (χ0) is 35.1. The third-order valence-electron chi connectivity index (χ3n) is 11.6. The normalized spacial score (nSPS) is 24.1. The van der Waals surface area contributed by atoms with E-state index in [1.54, 1.807) is 24.4 Å². The maximum absolute atomic E-state index is 17.2.